The van der Waals surface area contributed by atoms with Gasteiger partial charge in [0.05, 0.1) is 31.3 Å². The molecular weight excluding hydrogens is 268 g/mol. The second-order valence-corrected chi connectivity index (χ2v) is 5.72. The number of benzene rings is 1. The highest BCUT2D eigenvalue weighted by Gasteiger charge is 2.24. The van der Waals surface area contributed by atoms with Gasteiger partial charge in [-0.2, -0.15) is 0 Å². The molecule has 1 aromatic rings. The molecule has 1 fully saturated rings. The summed E-state index contributed by atoms with van der Waals surface area (Å²) < 4.78 is 11.7. The lowest BCUT2D eigenvalue weighted by Gasteiger charge is -2.32. The van der Waals surface area contributed by atoms with Crippen molar-refractivity contribution in [2.75, 3.05) is 0 Å². The van der Waals surface area contributed by atoms with E-state index in [4.69, 9.17) is 15.3 Å². The van der Waals surface area contributed by atoms with Gasteiger partial charge in [0.2, 0.25) is 5.91 Å². The van der Waals surface area contributed by atoms with E-state index in [-0.39, 0.29) is 24.2 Å². The van der Waals surface area contributed by atoms with Gasteiger partial charge in [-0.15, -0.1) is 0 Å². The van der Waals surface area contributed by atoms with Crippen LogP contribution < -0.4 is 11.3 Å². The summed E-state index contributed by atoms with van der Waals surface area (Å²) in [6.45, 7) is 4.76. The quantitative estimate of drug-likeness (QED) is 0.492. The number of hydrogen-bond donors (Lipinski definition) is 2. The molecule has 5 nitrogen and oxygen atoms in total. The first kappa shape index (κ1) is 15.9. The van der Waals surface area contributed by atoms with E-state index in [1.165, 1.54) is 0 Å². The van der Waals surface area contributed by atoms with Gasteiger partial charge in [-0.25, -0.2) is 5.84 Å². The summed E-state index contributed by atoms with van der Waals surface area (Å²) in [6, 6.07) is 7.85. The Bertz CT molecular complexity index is 451. The highest BCUT2D eigenvalue weighted by Crippen LogP contribution is 2.22. The average Bonchev–Trinajstić information content (AvgIpc) is 2.45. The number of carbonyl (C=O) groups is 1. The predicted octanol–water partition coefficient (Wildman–Crippen LogP) is 1.69. The van der Waals surface area contributed by atoms with Crippen molar-refractivity contribution in [3.8, 4) is 0 Å². The molecule has 1 aliphatic heterocycles. The third-order valence-electron chi connectivity index (χ3n) is 3.69. The van der Waals surface area contributed by atoms with Gasteiger partial charge in [-0.1, -0.05) is 24.3 Å². The van der Waals surface area contributed by atoms with Gasteiger partial charge in [0, 0.05) is 0 Å². The summed E-state index contributed by atoms with van der Waals surface area (Å²) in [4.78, 5) is 11.2. The molecule has 1 heterocycles. The number of nitrogens with one attached hydrogen (secondary N) is 1. The molecule has 2 rings (SSSR count). The van der Waals surface area contributed by atoms with E-state index >= 15 is 0 Å². The fraction of sp³-hybridized carbons (Fsp3) is 0.562. The Morgan fingerprint density at radius 2 is 1.81 bits per heavy atom. The zero-order chi connectivity index (χ0) is 15.2. The van der Waals surface area contributed by atoms with Crippen molar-refractivity contribution in [1.82, 2.24) is 5.43 Å². The normalized spacial score (nSPS) is 25.6. The molecule has 0 bridgehead atoms. The van der Waals surface area contributed by atoms with Crippen LogP contribution >= 0.6 is 0 Å². The fourth-order valence-electron chi connectivity index (χ4n) is 2.68. The molecule has 3 N–H and O–H groups in total. The molecule has 0 aromatic heterocycles. The maximum Gasteiger partial charge on any atom is 0.238 e. The number of hydrazine groups is 1. The van der Waals surface area contributed by atoms with E-state index in [1.54, 1.807) is 0 Å². The van der Waals surface area contributed by atoms with Crippen LogP contribution in [-0.2, 0) is 27.3 Å². The molecule has 0 aliphatic carbocycles. The van der Waals surface area contributed by atoms with Crippen molar-refractivity contribution in [1.29, 1.82) is 0 Å². The number of hydrogen-bond acceptors (Lipinski definition) is 4. The third-order valence-corrected chi connectivity index (χ3v) is 3.69. The third kappa shape index (κ3) is 5.12. The molecule has 5 heteroatoms. The first-order valence-electron chi connectivity index (χ1n) is 7.41. The summed E-state index contributed by atoms with van der Waals surface area (Å²) in [5.74, 6) is 4.88. The molecule has 1 aliphatic rings. The first-order chi connectivity index (χ1) is 10.1. The Hall–Kier alpha value is -1.43. The minimum absolute atomic E-state index is 0.191. The Labute approximate surface area is 125 Å². The topological polar surface area (TPSA) is 73.6 Å². The second kappa shape index (κ2) is 7.54. The summed E-state index contributed by atoms with van der Waals surface area (Å²) >= 11 is 0. The monoisotopic (exact) mass is 292 g/mol. The van der Waals surface area contributed by atoms with Crippen molar-refractivity contribution in [3.63, 3.8) is 0 Å². The second-order valence-electron chi connectivity index (χ2n) is 5.72. The highest BCUT2D eigenvalue weighted by molar-refractivity contribution is 5.77. The molecule has 116 valence electrons. The fourth-order valence-corrected chi connectivity index (χ4v) is 2.68. The number of amides is 1. The predicted molar refractivity (Wildman–Crippen MR) is 80.3 cm³/mol. The van der Waals surface area contributed by atoms with Gasteiger partial charge < -0.3 is 9.47 Å². The van der Waals surface area contributed by atoms with E-state index in [9.17, 15) is 4.79 Å². The van der Waals surface area contributed by atoms with Crippen molar-refractivity contribution in [2.45, 2.75) is 58.0 Å². The highest BCUT2D eigenvalue weighted by atomic mass is 16.5. The summed E-state index contributed by atoms with van der Waals surface area (Å²) in [5.41, 5.74) is 4.18. The first-order valence-corrected chi connectivity index (χ1v) is 7.41. The van der Waals surface area contributed by atoms with Gasteiger partial charge in [0.25, 0.3) is 0 Å². The van der Waals surface area contributed by atoms with E-state index < -0.39 is 0 Å². The molecule has 1 amide bonds. The number of carbonyl (C=O) groups excluding carboxylic acids is 1. The molecule has 0 radical (unpaired) electrons. The van der Waals surface area contributed by atoms with E-state index in [0.717, 1.165) is 24.0 Å². The van der Waals surface area contributed by atoms with Gasteiger partial charge in [0.15, 0.2) is 0 Å². The zero-order valence-corrected chi connectivity index (χ0v) is 12.7. The van der Waals surface area contributed by atoms with Crippen molar-refractivity contribution in [3.05, 3.63) is 35.4 Å². The van der Waals surface area contributed by atoms with Crippen LogP contribution in [-0.4, -0.2) is 24.2 Å². The Morgan fingerprint density at radius 3 is 2.38 bits per heavy atom. The lowest BCUT2D eigenvalue weighted by Crippen LogP contribution is -2.34. The van der Waals surface area contributed by atoms with Gasteiger partial charge >= 0.3 is 0 Å². The summed E-state index contributed by atoms with van der Waals surface area (Å²) in [5, 5.41) is 0. The Kier molecular flexibility index (Phi) is 5.73. The minimum atomic E-state index is -0.191. The zero-order valence-electron chi connectivity index (χ0n) is 12.7. The lowest BCUT2D eigenvalue weighted by atomic mass is 10.0. The van der Waals surface area contributed by atoms with Gasteiger partial charge in [0.1, 0.15) is 0 Å². The molecular formula is C16H24N2O3. The Morgan fingerprint density at radius 1 is 1.24 bits per heavy atom. The van der Waals surface area contributed by atoms with Gasteiger partial charge in [-0.05, 0) is 37.8 Å². The minimum Gasteiger partial charge on any atom is -0.375 e. The van der Waals surface area contributed by atoms with Crippen LogP contribution in [0, 0.1) is 0 Å². The van der Waals surface area contributed by atoms with Crippen molar-refractivity contribution < 1.29 is 14.3 Å². The number of nitrogens with two attached hydrogens (primary N) is 1. The van der Waals surface area contributed by atoms with Crippen LogP contribution in [0.15, 0.2) is 24.3 Å². The molecule has 1 saturated heterocycles. The van der Waals surface area contributed by atoms with Crippen LogP contribution in [0.3, 0.4) is 0 Å². The van der Waals surface area contributed by atoms with Crippen LogP contribution in [0.2, 0.25) is 0 Å². The maximum absolute atomic E-state index is 11.2. The molecule has 21 heavy (non-hydrogen) atoms. The summed E-state index contributed by atoms with van der Waals surface area (Å²) in [6.07, 6.45) is 2.96. The maximum atomic E-state index is 11.2. The molecule has 2 unspecified atom stereocenters. The van der Waals surface area contributed by atoms with E-state index in [0.29, 0.717) is 13.0 Å². The van der Waals surface area contributed by atoms with E-state index in [2.05, 4.69) is 19.3 Å². The molecule has 2 atom stereocenters. The SMILES string of the molecule is CC1CC(OCc2ccc(CC(=O)NN)cc2)CC(C)O1. The van der Waals surface area contributed by atoms with Crippen LogP contribution in [0.4, 0.5) is 0 Å². The standard InChI is InChI=1S/C16H24N2O3/c1-11-7-15(8-12(2)21-11)20-10-14-5-3-13(4-6-14)9-16(19)18-17/h3-6,11-12,15H,7-10,17H2,1-2H3,(H,18,19). The van der Waals surface area contributed by atoms with Crippen LogP contribution in [0.25, 0.3) is 0 Å². The van der Waals surface area contributed by atoms with Crippen LogP contribution in [0.1, 0.15) is 37.8 Å². The molecule has 0 saturated carbocycles. The smallest absolute Gasteiger partial charge is 0.238 e. The Balaban J connectivity index is 1.82. The lowest BCUT2D eigenvalue weighted by molar-refractivity contribution is -0.120. The van der Waals surface area contributed by atoms with Gasteiger partial charge in [-0.3, -0.25) is 10.2 Å². The van der Waals surface area contributed by atoms with Crippen LogP contribution in [0.5, 0.6) is 0 Å². The van der Waals surface area contributed by atoms with Crippen molar-refractivity contribution in [2.24, 2.45) is 5.84 Å². The number of ether oxygens (including phenoxy) is 2. The van der Waals surface area contributed by atoms with E-state index in [1.807, 2.05) is 24.3 Å². The molecule has 0 spiro atoms. The molecule has 1 aromatic carbocycles. The number of rotatable bonds is 5. The summed E-state index contributed by atoms with van der Waals surface area (Å²) in [7, 11) is 0. The average molecular weight is 292 g/mol. The largest absolute Gasteiger partial charge is 0.375 e. The van der Waals surface area contributed by atoms with Crippen molar-refractivity contribution >= 4 is 5.91 Å².